The molecular weight excluding hydrogens is 475 g/mol. The number of benzene rings is 4. The lowest BCUT2D eigenvalue weighted by Gasteiger charge is -2.30. The van der Waals surface area contributed by atoms with Crippen molar-refractivity contribution in [3.63, 3.8) is 0 Å². The van der Waals surface area contributed by atoms with Crippen LogP contribution in [-0.2, 0) is 8.85 Å². The molecule has 4 rings (SSSR count). The van der Waals surface area contributed by atoms with E-state index in [9.17, 15) is 9.59 Å². The van der Waals surface area contributed by atoms with Crippen molar-refractivity contribution in [3.8, 4) is 0 Å². The highest BCUT2D eigenvalue weighted by molar-refractivity contribution is 6.94. The quantitative estimate of drug-likeness (QED) is 0.344. The number of hydrogen-bond donors (Lipinski definition) is 0. The summed E-state index contributed by atoms with van der Waals surface area (Å²) in [6, 6.07) is 31.1. The van der Waals surface area contributed by atoms with Gasteiger partial charge in [-0.1, -0.05) is 108 Å². The van der Waals surface area contributed by atoms with Crippen molar-refractivity contribution in [3.05, 3.63) is 130 Å². The van der Waals surface area contributed by atoms with Gasteiger partial charge in [0.15, 0.2) is 0 Å². The van der Waals surface area contributed by atoms with E-state index in [1.807, 2.05) is 12.1 Å². The van der Waals surface area contributed by atoms with E-state index >= 15 is 0 Å². The van der Waals surface area contributed by atoms with Crippen LogP contribution in [0.25, 0.3) is 0 Å². The lowest BCUT2D eigenvalue weighted by atomic mass is 10.2. The van der Waals surface area contributed by atoms with Crippen LogP contribution in [0.3, 0.4) is 0 Å². The van der Waals surface area contributed by atoms with Gasteiger partial charge in [-0.05, 0) is 24.3 Å². The van der Waals surface area contributed by atoms with E-state index in [1.165, 1.54) is 0 Å². The lowest BCUT2D eigenvalue weighted by molar-refractivity contribution is 0.0593. The van der Waals surface area contributed by atoms with Crippen molar-refractivity contribution < 1.29 is 18.4 Å². The molecule has 0 unspecified atom stereocenters. The molecule has 0 saturated heterocycles. The van der Waals surface area contributed by atoms with Crippen LogP contribution in [0.1, 0.15) is 20.7 Å². The lowest BCUT2D eigenvalue weighted by Crippen LogP contribution is -2.65. The van der Waals surface area contributed by atoms with E-state index in [0.29, 0.717) is 10.4 Å². The van der Waals surface area contributed by atoms with Crippen LogP contribution >= 0.6 is 23.2 Å². The van der Waals surface area contributed by atoms with Crippen LogP contribution in [0.15, 0.2) is 109 Å². The molecule has 7 heteroatoms. The summed E-state index contributed by atoms with van der Waals surface area (Å²) in [6.45, 7) is 0. The molecule has 0 atom stereocenters. The average Bonchev–Trinajstić information content (AvgIpc) is 2.85. The van der Waals surface area contributed by atoms with E-state index < -0.39 is 20.5 Å². The highest BCUT2D eigenvalue weighted by Gasteiger charge is 2.50. The zero-order valence-electron chi connectivity index (χ0n) is 17.3. The van der Waals surface area contributed by atoms with Gasteiger partial charge in [-0.25, -0.2) is 9.59 Å². The summed E-state index contributed by atoms with van der Waals surface area (Å²) in [6.07, 6.45) is 0. The molecule has 0 aliphatic heterocycles. The fourth-order valence-corrected chi connectivity index (χ4v) is 6.64. The molecule has 0 aromatic heterocycles. The monoisotopic (exact) mass is 492 g/mol. The Labute approximate surface area is 202 Å². The SMILES string of the molecule is O=C(O[Si](OC(=O)c1ccccc1Cl)(c1ccccc1)c1ccccc1)c1ccccc1Cl. The van der Waals surface area contributed by atoms with Crippen LogP contribution < -0.4 is 10.4 Å². The second-order valence-corrected chi connectivity index (χ2v) is 10.7. The third-order valence-corrected chi connectivity index (χ3v) is 8.76. The molecule has 0 aliphatic rings. The topological polar surface area (TPSA) is 52.6 Å². The molecule has 0 radical (unpaired) electrons. The number of carbonyl (C=O) groups is 2. The Morgan fingerprint density at radius 2 is 0.848 bits per heavy atom. The standard InChI is InChI=1S/C26H18Cl2O4Si/c27-23-17-9-7-15-21(23)25(29)31-33(19-11-3-1-4-12-19,20-13-5-2-6-14-20)32-26(30)22-16-8-10-18-24(22)28/h1-18H. The summed E-state index contributed by atoms with van der Waals surface area (Å²) in [4.78, 5) is 26.6. The predicted molar refractivity (Wildman–Crippen MR) is 132 cm³/mol. The number of rotatable bonds is 6. The Kier molecular flexibility index (Phi) is 6.94. The van der Waals surface area contributed by atoms with Gasteiger partial charge >= 0.3 is 20.5 Å². The molecule has 0 N–H and O–H groups in total. The molecule has 0 aliphatic carbocycles. The average molecular weight is 493 g/mol. The van der Waals surface area contributed by atoms with Crippen LogP contribution in [0.5, 0.6) is 0 Å². The van der Waals surface area contributed by atoms with Gasteiger partial charge in [0.1, 0.15) is 0 Å². The van der Waals surface area contributed by atoms with Crippen molar-refractivity contribution in [2.75, 3.05) is 0 Å². The second kappa shape index (κ2) is 10.0. The first-order valence-corrected chi connectivity index (χ1v) is 12.7. The first-order valence-electron chi connectivity index (χ1n) is 10.1. The van der Waals surface area contributed by atoms with Gasteiger partial charge in [-0.2, -0.15) is 0 Å². The number of hydrogen-bond acceptors (Lipinski definition) is 4. The summed E-state index contributed by atoms with van der Waals surface area (Å²) in [5.74, 6) is -1.38. The Morgan fingerprint density at radius 3 is 1.21 bits per heavy atom. The predicted octanol–water partition coefficient (Wildman–Crippen LogP) is 5.26. The van der Waals surface area contributed by atoms with Crippen molar-refractivity contribution in [1.82, 2.24) is 0 Å². The van der Waals surface area contributed by atoms with E-state index in [1.54, 1.807) is 97.1 Å². The largest absolute Gasteiger partial charge is 0.535 e. The van der Waals surface area contributed by atoms with Crippen LogP contribution in [0.2, 0.25) is 10.0 Å². The summed E-state index contributed by atoms with van der Waals surface area (Å²) in [5.41, 5.74) is 0.355. The van der Waals surface area contributed by atoms with Gasteiger partial charge in [-0.15, -0.1) is 0 Å². The minimum atomic E-state index is -3.90. The number of carbonyl (C=O) groups excluding carboxylic acids is 2. The highest BCUT2D eigenvalue weighted by atomic mass is 35.5. The molecule has 0 fully saturated rings. The first-order chi connectivity index (χ1) is 16.0. The first kappa shape index (κ1) is 22.8. The van der Waals surface area contributed by atoms with Gasteiger partial charge in [0.05, 0.1) is 21.2 Å². The summed E-state index contributed by atoms with van der Waals surface area (Å²) in [5, 5.41) is 1.64. The molecular formula is C26H18Cl2O4Si. The molecule has 0 amide bonds. The van der Waals surface area contributed by atoms with Gasteiger partial charge in [0, 0.05) is 10.4 Å². The van der Waals surface area contributed by atoms with Crippen molar-refractivity contribution >= 4 is 54.1 Å². The number of halogens is 2. The molecule has 33 heavy (non-hydrogen) atoms. The van der Waals surface area contributed by atoms with E-state index in [0.717, 1.165) is 0 Å². The molecule has 0 bridgehead atoms. The Morgan fingerprint density at radius 1 is 0.515 bits per heavy atom. The Bertz CT molecular complexity index is 1180. The maximum atomic E-state index is 13.3. The second-order valence-electron chi connectivity index (χ2n) is 7.09. The summed E-state index contributed by atoms with van der Waals surface area (Å²) < 4.78 is 12.3. The smallest absolute Gasteiger partial charge is 0.475 e. The van der Waals surface area contributed by atoms with Gasteiger partial charge < -0.3 is 8.85 Å². The minimum absolute atomic E-state index is 0.177. The molecule has 4 aromatic rings. The van der Waals surface area contributed by atoms with Crippen LogP contribution in [-0.4, -0.2) is 20.5 Å². The molecule has 4 nitrogen and oxygen atoms in total. The molecule has 164 valence electrons. The van der Waals surface area contributed by atoms with Gasteiger partial charge in [-0.3, -0.25) is 0 Å². The van der Waals surface area contributed by atoms with Crippen LogP contribution in [0, 0.1) is 0 Å². The zero-order valence-corrected chi connectivity index (χ0v) is 19.8. The fraction of sp³-hybridized carbons (Fsp3) is 0. The molecule has 0 saturated carbocycles. The van der Waals surface area contributed by atoms with E-state index in [-0.39, 0.29) is 21.2 Å². The van der Waals surface area contributed by atoms with Crippen molar-refractivity contribution in [2.24, 2.45) is 0 Å². The molecule has 0 spiro atoms. The van der Waals surface area contributed by atoms with E-state index in [2.05, 4.69) is 0 Å². The third-order valence-electron chi connectivity index (χ3n) is 4.97. The van der Waals surface area contributed by atoms with Gasteiger partial charge in [0.25, 0.3) is 0 Å². The third kappa shape index (κ3) is 4.86. The maximum Gasteiger partial charge on any atom is 0.535 e. The summed E-state index contributed by atoms with van der Waals surface area (Å²) >= 11 is 12.5. The Hall–Kier alpha value is -3.38. The summed E-state index contributed by atoms with van der Waals surface area (Å²) in [7, 11) is -3.90. The molecule has 4 aromatic carbocycles. The van der Waals surface area contributed by atoms with Crippen molar-refractivity contribution in [1.29, 1.82) is 0 Å². The van der Waals surface area contributed by atoms with Crippen molar-refractivity contribution in [2.45, 2.75) is 0 Å². The zero-order chi connectivity index (χ0) is 23.3. The normalized spacial score (nSPS) is 11.0. The minimum Gasteiger partial charge on any atom is -0.475 e. The van der Waals surface area contributed by atoms with Gasteiger partial charge in [0.2, 0.25) is 0 Å². The van der Waals surface area contributed by atoms with E-state index in [4.69, 9.17) is 32.1 Å². The highest BCUT2D eigenvalue weighted by Crippen LogP contribution is 2.22. The molecule has 0 heterocycles. The van der Waals surface area contributed by atoms with Crippen LogP contribution in [0.4, 0.5) is 0 Å². The Balaban J connectivity index is 1.87. The maximum absolute atomic E-state index is 13.3. The fourth-order valence-electron chi connectivity index (χ4n) is 3.36.